The lowest BCUT2D eigenvalue weighted by molar-refractivity contribution is -0.385. The van der Waals surface area contributed by atoms with Crippen molar-refractivity contribution in [2.45, 2.75) is 9.79 Å². The molecule has 2 aromatic carbocycles. The Balaban J connectivity index is 1.93. The summed E-state index contributed by atoms with van der Waals surface area (Å²) in [5.74, 6) is 0. The molecule has 1 heterocycles. The molecule has 108 valence electrons. The van der Waals surface area contributed by atoms with E-state index in [0.29, 0.717) is 0 Å². The fourth-order valence-corrected chi connectivity index (χ4v) is 3.85. The molecule has 0 atom stereocenters. The van der Waals surface area contributed by atoms with Crippen molar-refractivity contribution in [2.75, 3.05) is 0 Å². The lowest BCUT2D eigenvalue weighted by atomic mass is 10.3. The summed E-state index contributed by atoms with van der Waals surface area (Å²) >= 11 is 0. The van der Waals surface area contributed by atoms with Crippen LogP contribution < -0.4 is 4.89 Å². The van der Waals surface area contributed by atoms with Crippen molar-refractivity contribution < 1.29 is 14.1 Å². The first-order valence-corrected chi connectivity index (χ1v) is 7.36. The normalized spacial score (nSPS) is 17.0. The van der Waals surface area contributed by atoms with E-state index in [1.165, 1.54) is 24.3 Å². The third kappa shape index (κ3) is 2.33. The molecule has 0 saturated carbocycles. The van der Waals surface area contributed by atoms with Crippen molar-refractivity contribution in [1.29, 1.82) is 0 Å². The van der Waals surface area contributed by atoms with Crippen LogP contribution in [0.15, 0.2) is 58.3 Å². The highest BCUT2D eigenvalue weighted by molar-refractivity contribution is 8.32. The number of hydrogen-bond acceptors (Lipinski definition) is 6. The molecule has 1 aliphatic rings. The molecule has 3 rings (SSSR count). The van der Waals surface area contributed by atoms with Crippen LogP contribution >= 0.6 is 10.5 Å². The molecule has 0 aliphatic carbocycles. The molecule has 0 unspecified atom stereocenters. The second-order valence-electron chi connectivity index (χ2n) is 4.22. The Hall–Kier alpha value is -2.49. The molecule has 1 aliphatic heterocycles. The maximum Gasteiger partial charge on any atom is 0.269 e. The van der Waals surface area contributed by atoms with E-state index in [1.807, 2.05) is 0 Å². The average Bonchev–Trinajstić information content (AvgIpc) is 3.29. The van der Waals surface area contributed by atoms with Crippen LogP contribution in [-0.2, 0) is 4.28 Å². The summed E-state index contributed by atoms with van der Waals surface area (Å²) in [5, 5.41) is 21.3. The van der Waals surface area contributed by atoms with E-state index in [1.54, 1.807) is 24.3 Å². The molecule has 1 N–H and O–H groups in total. The van der Waals surface area contributed by atoms with Crippen LogP contribution in [-0.4, -0.2) is 9.85 Å². The molecular formula is C12H9N3O5S. The van der Waals surface area contributed by atoms with Gasteiger partial charge >= 0.3 is 0 Å². The lowest BCUT2D eigenvalue weighted by Gasteiger charge is -2.14. The van der Waals surface area contributed by atoms with Gasteiger partial charge in [-0.15, -0.1) is 4.89 Å². The van der Waals surface area contributed by atoms with Crippen LogP contribution in [0.25, 0.3) is 0 Å². The first-order chi connectivity index (χ1) is 10.0. The summed E-state index contributed by atoms with van der Waals surface area (Å²) in [6.07, 6.45) is 0. The fourth-order valence-electron chi connectivity index (χ4n) is 1.88. The Morgan fingerprint density at radius 3 is 1.38 bits per heavy atom. The van der Waals surface area contributed by atoms with E-state index >= 15 is 0 Å². The second kappa shape index (κ2) is 4.81. The summed E-state index contributed by atoms with van der Waals surface area (Å²) in [5.41, 5.74) is -0.00435. The van der Waals surface area contributed by atoms with E-state index < -0.39 is 20.3 Å². The second-order valence-corrected chi connectivity index (χ2v) is 6.61. The molecule has 0 aromatic heterocycles. The van der Waals surface area contributed by atoms with E-state index in [-0.39, 0.29) is 11.4 Å². The van der Waals surface area contributed by atoms with Crippen LogP contribution in [0.3, 0.4) is 0 Å². The van der Waals surface area contributed by atoms with Gasteiger partial charge in [-0.1, -0.05) is 0 Å². The summed E-state index contributed by atoms with van der Waals surface area (Å²) in [6, 6.07) is 12.1. The van der Waals surface area contributed by atoms with Crippen LogP contribution in [0.4, 0.5) is 11.4 Å². The van der Waals surface area contributed by atoms with Crippen molar-refractivity contribution in [2.24, 2.45) is 0 Å². The largest absolute Gasteiger partial charge is 0.269 e. The zero-order valence-corrected chi connectivity index (χ0v) is 11.3. The van der Waals surface area contributed by atoms with Crippen LogP contribution in [0.1, 0.15) is 0 Å². The molecule has 1 saturated heterocycles. The zero-order valence-electron chi connectivity index (χ0n) is 10.5. The minimum absolute atomic E-state index is 0.00218. The zero-order chi connectivity index (χ0) is 15.0. The molecule has 0 radical (unpaired) electrons. The molecular weight excluding hydrogens is 298 g/mol. The van der Waals surface area contributed by atoms with Gasteiger partial charge < -0.3 is 0 Å². The summed E-state index contributed by atoms with van der Waals surface area (Å²) < 4.78 is 5.36. The topological polar surface area (TPSA) is 121 Å². The molecule has 0 amide bonds. The maximum atomic E-state index is 10.7. The number of non-ortho nitro benzene ring substituents is 2. The molecule has 2 aromatic rings. The fraction of sp³-hybridized carbons (Fsp3) is 0. The first-order valence-electron chi connectivity index (χ1n) is 5.80. The van der Waals surface area contributed by atoms with Crippen molar-refractivity contribution in [3.05, 3.63) is 68.8 Å². The van der Waals surface area contributed by atoms with Gasteiger partial charge in [-0.25, -0.2) is 4.28 Å². The van der Waals surface area contributed by atoms with Crippen LogP contribution in [0, 0.1) is 20.2 Å². The van der Waals surface area contributed by atoms with E-state index in [4.69, 9.17) is 4.28 Å². The number of nitrogens with zero attached hydrogens (tertiary/aromatic N) is 2. The predicted octanol–water partition coefficient (Wildman–Crippen LogP) is 3.09. The van der Waals surface area contributed by atoms with Gasteiger partial charge in [0.15, 0.2) is 0 Å². The molecule has 9 heteroatoms. The van der Waals surface area contributed by atoms with Crippen molar-refractivity contribution in [3.8, 4) is 0 Å². The third-order valence-corrected chi connectivity index (χ3v) is 5.38. The summed E-state index contributed by atoms with van der Waals surface area (Å²) in [6.45, 7) is 0. The maximum absolute atomic E-state index is 10.7. The van der Waals surface area contributed by atoms with Crippen LogP contribution in [0.2, 0.25) is 0 Å². The van der Waals surface area contributed by atoms with Gasteiger partial charge in [0.2, 0.25) is 0 Å². The Labute approximate surface area is 120 Å². The quantitative estimate of drug-likeness (QED) is 0.526. The number of nitro groups is 2. The van der Waals surface area contributed by atoms with Gasteiger partial charge in [-0.05, 0) is 24.3 Å². The highest BCUT2D eigenvalue weighted by atomic mass is 32.3. The lowest BCUT2D eigenvalue weighted by Crippen LogP contribution is -1.93. The Morgan fingerprint density at radius 2 is 1.14 bits per heavy atom. The first kappa shape index (κ1) is 13.5. The van der Waals surface area contributed by atoms with Gasteiger partial charge in [0, 0.05) is 44.6 Å². The summed E-state index contributed by atoms with van der Waals surface area (Å²) in [4.78, 5) is 24.7. The minimum Gasteiger partial charge on any atom is -0.258 e. The smallest absolute Gasteiger partial charge is 0.258 e. The van der Waals surface area contributed by atoms with E-state index in [9.17, 15) is 20.2 Å². The number of nitrogens with one attached hydrogen (secondary N) is 1. The van der Waals surface area contributed by atoms with Crippen molar-refractivity contribution in [1.82, 2.24) is 4.89 Å². The molecule has 1 fully saturated rings. The van der Waals surface area contributed by atoms with Gasteiger partial charge in [0.1, 0.15) is 0 Å². The molecule has 21 heavy (non-hydrogen) atoms. The number of hydrogen-bond donors (Lipinski definition) is 1. The highest BCUT2D eigenvalue weighted by Crippen LogP contribution is 2.69. The number of nitro benzene ring substituents is 2. The Bertz CT molecular complexity index is 653. The standard InChI is InChI=1S/C12H9N3O5S/c16-14(17)9-1-5-11(6-2-9)21(13-20-21)12-7-3-10(4-8-12)15(18)19/h1-8,13H. The third-order valence-electron chi connectivity index (χ3n) is 3.01. The van der Waals surface area contributed by atoms with Crippen LogP contribution in [0.5, 0.6) is 0 Å². The molecule has 0 spiro atoms. The van der Waals surface area contributed by atoms with Crippen molar-refractivity contribution >= 4 is 21.9 Å². The SMILES string of the molecule is O=[N+]([O-])c1ccc(S2(c3ccc([N+](=O)[O-])cc3)NO2)cc1. The molecule has 8 nitrogen and oxygen atoms in total. The monoisotopic (exact) mass is 307 g/mol. The highest BCUT2D eigenvalue weighted by Gasteiger charge is 2.43. The van der Waals surface area contributed by atoms with E-state index in [0.717, 1.165) is 9.79 Å². The minimum atomic E-state index is -1.87. The Kier molecular flexibility index (Phi) is 3.09. The van der Waals surface area contributed by atoms with Crippen molar-refractivity contribution in [3.63, 3.8) is 0 Å². The van der Waals surface area contributed by atoms with Gasteiger partial charge in [-0.2, -0.15) is 0 Å². The van der Waals surface area contributed by atoms with Gasteiger partial charge in [-0.3, -0.25) is 20.2 Å². The average molecular weight is 307 g/mol. The van der Waals surface area contributed by atoms with Gasteiger partial charge in [0.05, 0.1) is 9.85 Å². The number of rotatable bonds is 4. The Morgan fingerprint density at radius 1 is 0.810 bits per heavy atom. The molecule has 0 bridgehead atoms. The van der Waals surface area contributed by atoms with Gasteiger partial charge in [0.25, 0.3) is 11.4 Å². The number of benzene rings is 2. The predicted molar refractivity (Wildman–Crippen MR) is 74.5 cm³/mol. The van der Waals surface area contributed by atoms with E-state index in [2.05, 4.69) is 4.89 Å². The summed E-state index contributed by atoms with van der Waals surface area (Å²) in [7, 11) is -1.87.